The zero-order valence-electron chi connectivity index (χ0n) is 15.0. The number of aliphatic hydroxyl groups is 1. The maximum Gasteiger partial charge on any atom is 0.163 e. The van der Waals surface area contributed by atoms with E-state index in [-0.39, 0.29) is 0 Å². The van der Waals surface area contributed by atoms with Crippen LogP contribution in [0, 0.1) is 0 Å². The number of hydrogen-bond acceptors (Lipinski definition) is 2. The van der Waals surface area contributed by atoms with E-state index in [2.05, 4.69) is 59.5 Å². The second-order valence-electron chi connectivity index (χ2n) is 6.42. The second-order valence-corrected chi connectivity index (χ2v) is 6.42. The fourth-order valence-corrected chi connectivity index (χ4v) is 3.11. The van der Waals surface area contributed by atoms with Gasteiger partial charge in [0.15, 0.2) is 6.21 Å². The topological polar surface area (TPSA) is 35.3 Å². The lowest BCUT2D eigenvalue weighted by molar-refractivity contribution is -0.458. The lowest BCUT2D eigenvalue weighted by Crippen LogP contribution is -2.20. The molecule has 0 saturated carbocycles. The third kappa shape index (κ3) is 5.20. The van der Waals surface area contributed by atoms with Gasteiger partial charge in [-0.15, -0.1) is 0 Å². The van der Waals surface area contributed by atoms with E-state index in [1.807, 2.05) is 14.1 Å². The Morgan fingerprint density at radius 1 is 1.38 bits per heavy atom. The number of nitrogens with one attached hydrogen (secondary N) is 1. The highest BCUT2D eigenvalue weighted by Gasteiger charge is 2.21. The van der Waals surface area contributed by atoms with Crippen LogP contribution in [0.2, 0.25) is 0 Å². The van der Waals surface area contributed by atoms with E-state index < -0.39 is 0 Å². The van der Waals surface area contributed by atoms with Crippen molar-refractivity contribution in [2.24, 2.45) is 0 Å². The van der Waals surface area contributed by atoms with E-state index in [4.69, 9.17) is 5.11 Å². The molecule has 3 nitrogen and oxygen atoms in total. The van der Waals surface area contributed by atoms with Gasteiger partial charge < -0.3 is 10.4 Å². The Hall–Kier alpha value is -2.13. The maximum atomic E-state index is 8.90. The predicted molar refractivity (Wildman–Crippen MR) is 103 cm³/mol. The van der Waals surface area contributed by atoms with Gasteiger partial charge in [-0.25, -0.2) is 4.58 Å². The summed E-state index contributed by atoms with van der Waals surface area (Å²) in [6.45, 7) is 3.03. The average Bonchev–Trinajstić information content (AvgIpc) is 2.95. The average molecular weight is 325 g/mol. The van der Waals surface area contributed by atoms with Crippen molar-refractivity contribution in [1.29, 1.82) is 0 Å². The van der Waals surface area contributed by atoms with Crippen molar-refractivity contribution in [2.75, 3.05) is 20.6 Å². The lowest BCUT2D eigenvalue weighted by Gasteiger charge is -2.14. The summed E-state index contributed by atoms with van der Waals surface area (Å²) < 4.78 is 2.06. The van der Waals surface area contributed by atoms with Crippen molar-refractivity contribution < 1.29 is 9.68 Å². The van der Waals surface area contributed by atoms with Crippen LogP contribution in [-0.2, 0) is 6.42 Å². The molecule has 0 bridgehead atoms. The Morgan fingerprint density at radius 2 is 2.21 bits per heavy atom. The molecule has 1 aromatic rings. The highest BCUT2D eigenvalue weighted by atomic mass is 16.2. The maximum absolute atomic E-state index is 8.90. The highest BCUT2D eigenvalue weighted by Crippen LogP contribution is 2.32. The third-order valence-electron chi connectivity index (χ3n) is 4.28. The minimum Gasteiger partial charge on any atom is -0.516 e. The molecule has 0 fully saturated rings. The molecule has 128 valence electrons. The van der Waals surface area contributed by atoms with Gasteiger partial charge in [0.1, 0.15) is 14.1 Å². The van der Waals surface area contributed by atoms with Crippen LogP contribution in [0.15, 0.2) is 48.3 Å². The van der Waals surface area contributed by atoms with Crippen LogP contribution in [0.3, 0.4) is 0 Å². The summed E-state index contributed by atoms with van der Waals surface area (Å²) in [5.41, 5.74) is 5.20. The monoisotopic (exact) mass is 325 g/mol. The summed E-state index contributed by atoms with van der Waals surface area (Å²) >= 11 is 0. The third-order valence-corrected chi connectivity index (χ3v) is 4.28. The molecule has 2 N–H and O–H groups in total. The molecule has 1 atom stereocenters. The van der Waals surface area contributed by atoms with Crippen molar-refractivity contribution in [3.05, 3.63) is 65.0 Å². The molecular weight excluding hydrogens is 296 g/mol. The van der Waals surface area contributed by atoms with E-state index >= 15 is 0 Å². The molecule has 0 aliphatic heterocycles. The summed E-state index contributed by atoms with van der Waals surface area (Å²) in [5, 5.41) is 12.6. The van der Waals surface area contributed by atoms with Crippen molar-refractivity contribution in [2.45, 2.75) is 32.2 Å². The first-order chi connectivity index (χ1) is 11.6. The first kappa shape index (κ1) is 18.2. The molecule has 3 heteroatoms. The van der Waals surface area contributed by atoms with Gasteiger partial charge in [-0.1, -0.05) is 30.4 Å². The molecule has 0 aromatic heterocycles. The van der Waals surface area contributed by atoms with Gasteiger partial charge in [0, 0.05) is 12.1 Å². The number of nitrogens with zero attached hydrogens (tertiary/aromatic N) is 1. The van der Waals surface area contributed by atoms with Crippen LogP contribution in [-0.4, -0.2) is 36.5 Å². The zero-order valence-corrected chi connectivity index (χ0v) is 15.0. The SMILES string of the molecule is C/C=C\C(=C/C=[N+](C)C)CCNC1CCc2cc(/C=C/O)ccc21. The number of aliphatic hydroxyl groups excluding tert-OH is 1. The first-order valence-electron chi connectivity index (χ1n) is 8.64. The van der Waals surface area contributed by atoms with Gasteiger partial charge in [0.25, 0.3) is 0 Å². The smallest absolute Gasteiger partial charge is 0.163 e. The molecule has 0 heterocycles. The number of allylic oxidation sites excluding steroid dienone is 3. The van der Waals surface area contributed by atoms with Crippen molar-refractivity contribution in [3.8, 4) is 0 Å². The normalized spacial score (nSPS) is 17.6. The first-order valence-corrected chi connectivity index (χ1v) is 8.64. The summed E-state index contributed by atoms with van der Waals surface area (Å²) in [6.07, 6.45) is 14.6. The van der Waals surface area contributed by atoms with Crippen molar-refractivity contribution >= 4 is 12.3 Å². The Kier molecular flexibility index (Phi) is 7.01. The number of benzene rings is 1. The molecule has 1 unspecified atom stereocenters. The van der Waals surface area contributed by atoms with Crippen LogP contribution in [0.25, 0.3) is 6.08 Å². The Morgan fingerprint density at radius 3 is 2.92 bits per heavy atom. The van der Waals surface area contributed by atoms with Crippen LogP contribution in [0.1, 0.15) is 42.5 Å². The van der Waals surface area contributed by atoms with Gasteiger partial charge in [0.05, 0.1) is 6.26 Å². The molecule has 2 rings (SSSR count). The molecule has 0 saturated heterocycles. The summed E-state index contributed by atoms with van der Waals surface area (Å²) in [7, 11) is 4.08. The zero-order chi connectivity index (χ0) is 17.4. The van der Waals surface area contributed by atoms with Gasteiger partial charge in [0.2, 0.25) is 0 Å². The second kappa shape index (κ2) is 9.24. The molecule has 1 aliphatic rings. The molecule has 0 radical (unpaired) electrons. The Bertz CT molecular complexity index is 664. The number of hydrogen-bond donors (Lipinski definition) is 2. The molecular formula is C21H29N2O+. The van der Waals surface area contributed by atoms with E-state index in [0.29, 0.717) is 6.04 Å². The minimum atomic E-state index is 0.442. The van der Waals surface area contributed by atoms with Gasteiger partial charge in [-0.05, 0) is 61.1 Å². The minimum absolute atomic E-state index is 0.442. The van der Waals surface area contributed by atoms with Crippen LogP contribution < -0.4 is 5.32 Å². The molecule has 1 aliphatic carbocycles. The fourth-order valence-electron chi connectivity index (χ4n) is 3.11. The van der Waals surface area contributed by atoms with Gasteiger partial charge >= 0.3 is 0 Å². The quantitative estimate of drug-likeness (QED) is 0.344. The van der Waals surface area contributed by atoms with Crippen molar-refractivity contribution in [3.63, 3.8) is 0 Å². The number of fused-ring (bicyclic) bond motifs is 1. The van der Waals surface area contributed by atoms with Gasteiger partial charge in [-0.2, -0.15) is 0 Å². The number of aryl methyl sites for hydroxylation is 1. The Balaban J connectivity index is 1.95. The van der Waals surface area contributed by atoms with Crippen molar-refractivity contribution in [1.82, 2.24) is 5.32 Å². The predicted octanol–water partition coefficient (Wildman–Crippen LogP) is 4.03. The van der Waals surface area contributed by atoms with E-state index in [9.17, 15) is 0 Å². The largest absolute Gasteiger partial charge is 0.516 e. The molecule has 0 amide bonds. The van der Waals surface area contributed by atoms with Crippen LogP contribution in [0.5, 0.6) is 0 Å². The number of rotatable bonds is 7. The summed E-state index contributed by atoms with van der Waals surface area (Å²) in [6, 6.07) is 6.89. The van der Waals surface area contributed by atoms with Crippen LogP contribution >= 0.6 is 0 Å². The molecule has 1 aromatic carbocycles. The summed E-state index contributed by atoms with van der Waals surface area (Å²) in [4.78, 5) is 0. The fraction of sp³-hybridized carbons (Fsp3) is 0.381. The molecule has 0 spiro atoms. The highest BCUT2D eigenvalue weighted by molar-refractivity contribution is 5.68. The summed E-state index contributed by atoms with van der Waals surface area (Å²) in [5.74, 6) is 0. The van der Waals surface area contributed by atoms with Gasteiger partial charge in [-0.3, -0.25) is 0 Å². The van der Waals surface area contributed by atoms with E-state index in [1.165, 1.54) is 16.7 Å². The lowest BCUT2D eigenvalue weighted by atomic mass is 10.0. The Labute approximate surface area is 145 Å². The molecule has 24 heavy (non-hydrogen) atoms. The van der Waals surface area contributed by atoms with Crippen LogP contribution in [0.4, 0.5) is 0 Å². The van der Waals surface area contributed by atoms with E-state index in [0.717, 1.165) is 37.6 Å². The van der Waals surface area contributed by atoms with E-state index in [1.54, 1.807) is 6.08 Å². The standard InChI is InChI=1S/C21H28N2O/c1-4-5-17(11-14-23(2)3)10-13-22-21-9-7-19-16-18(12-15-24)6-8-20(19)21/h4-6,8,11-12,14-16,21-22H,7,9-10,13H2,1-3H3/p+1/b5-4-,15-12+,17-11+.